The van der Waals surface area contributed by atoms with Gasteiger partial charge in [0.15, 0.2) is 0 Å². The Hall–Kier alpha value is -1.19. The average molecular weight is 142 g/mol. The van der Waals surface area contributed by atoms with Gasteiger partial charge in [-0.3, -0.25) is 0 Å². The lowest BCUT2D eigenvalue weighted by Crippen LogP contribution is -1.94. The van der Waals surface area contributed by atoms with Crippen molar-refractivity contribution in [3.05, 3.63) is 5.69 Å². The molecular formula is C6H10N2O2. The Kier molecular flexibility index (Phi) is 1.53. The van der Waals surface area contributed by atoms with Gasteiger partial charge < -0.3 is 9.84 Å². The summed E-state index contributed by atoms with van der Waals surface area (Å²) in [5.74, 6) is 0.516. The molecule has 0 unspecified atom stereocenters. The molecule has 0 aliphatic rings. The van der Waals surface area contributed by atoms with Crippen LogP contribution in [0.4, 0.5) is 0 Å². The Morgan fingerprint density at radius 2 is 2.20 bits per heavy atom. The van der Waals surface area contributed by atoms with Gasteiger partial charge in [-0.05, 0) is 6.92 Å². The summed E-state index contributed by atoms with van der Waals surface area (Å²) in [6, 6.07) is 0. The molecule has 0 aromatic carbocycles. The molecule has 0 radical (unpaired) electrons. The molecule has 56 valence electrons. The van der Waals surface area contributed by atoms with E-state index in [1.54, 1.807) is 14.0 Å². The zero-order chi connectivity index (χ0) is 7.72. The van der Waals surface area contributed by atoms with Gasteiger partial charge in [0.1, 0.15) is 5.69 Å². The molecule has 1 aromatic heterocycles. The molecule has 0 aliphatic carbocycles. The minimum Gasteiger partial charge on any atom is -0.502 e. The molecule has 4 nitrogen and oxygen atoms in total. The Balaban J connectivity index is 3.20. The molecule has 0 saturated heterocycles. The van der Waals surface area contributed by atoms with E-state index in [4.69, 9.17) is 4.74 Å². The second-order valence-electron chi connectivity index (χ2n) is 2.07. The van der Waals surface area contributed by atoms with Crippen molar-refractivity contribution < 1.29 is 9.84 Å². The van der Waals surface area contributed by atoms with Crippen LogP contribution in [0.15, 0.2) is 0 Å². The molecule has 1 heterocycles. The number of methoxy groups -OCH3 is 1. The Morgan fingerprint density at radius 1 is 1.60 bits per heavy atom. The van der Waals surface area contributed by atoms with Crippen molar-refractivity contribution >= 4 is 0 Å². The number of ether oxygens (including phenoxy) is 1. The zero-order valence-electron chi connectivity index (χ0n) is 6.25. The number of aromatic hydroxyl groups is 1. The monoisotopic (exact) mass is 142 g/mol. The van der Waals surface area contributed by atoms with Crippen LogP contribution in [0.1, 0.15) is 5.69 Å². The SMILES string of the molecule is COc1c(O)c(C)nn1C. The van der Waals surface area contributed by atoms with Gasteiger partial charge in [-0.25, -0.2) is 4.68 Å². The van der Waals surface area contributed by atoms with Crippen molar-refractivity contribution in [2.45, 2.75) is 6.92 Å². The number of hydrogen-bond donors (Lipinski definition) is 1. The molecule has 10 heavy (non-hydrogen) atoms. The lowest BCUT2D eigenvalue weighted by atomic mass is 10.4. The van der Waals surface area contributed by atoms with Crippen molar-refractivity contribution in [2.75, 3.05) is 7.11 Å². The van der Waals surface area contributed by atoms with Gasteiger partial charge in [-0.15, -0.1) is 0 Å². The molecule has 0 aliphatic heterocycles. The number of rotatable bonds is 1. The van der Waals surface area contributed by atoms with Gasteiger partial charge >= 0.3 is 0 Å². The summed E-state index contributed by atoms with van der Waals surface area (Å²) in [5, 5.41) is 13.1. The third-order valence-electron chi connectivity index (χ3n) is 1.33. The third kappa shape index (κ3) is 0.814. The molecule has 1 N–H and O–H groups in total. The minimum atomic E-state index is 0.116. The van der Waals surface area contributed by atoms with E-state index in [0.717, 1.165) is 0 Å². The average Bonchev–Trinajstić information content (AvgIpc) is 2.09. The molecule has 0 bridgehead atoms. The first kappa shape index (κ1) is 6.92. The second-order valence-corrected chi connectivity index (χ2v) is 2.07. The van der Waals surface area contributed by atoms with Crippen LogP contribution < -0.4 is 4.74 Å². The summed E-state index contributed by atoms with van der Waals surface area (Å²) in [6.07, 6.45) is 0. The van der Waals surface area contributed by atoms with E-state index in [1.165, 1.54) is 11.8 Å². The first-order valence-corrected chi connectivity index (χ1v) is 2.93. The standard InChI is InChI=1S/C6H10N2O2/c1-4-5(9)6(10-3)8(2)7-4/h9H,1-3H3. The van der Waals surface area contributed by atoms with E-state index in [-0.39, 0.29) is 5.75 Å². The fourth-order valence-corrected chi connectivity index (χ4v) is 0.855. The van der Waals surface area contributed by atoms with Gasteiger partial charge in [0.2, 0.25) is 5.75 Å². The molecule has 0 saturated carbocycles. The predicted octanol–water partition coefficient (Wildman–Crippen LogP) is 0.443. The summed E-state index contributed by atoms with van der Waals surface area (Å²) in [6.45, 7) is 1.72. The summed E-state index contributed by atoms with van der Waals surface area (Å²) in [7, 11) is 3.21. The quantitative estimate of drug-likeness (QED) is 0.619. The van der Waals surface area contributed by atoms with Gasteiger partial charge in [0.25, 0.3) is 5.88 Å². The number of aromatic nitrogens is 2. The van der Waals surface area contributed by atoms with Crippen molar-refractivity contribution in [3.63, 3.8) is 0 Å². The smallest absolute Gasteiger partial charge is 0.255 e. The van der Waals surface area contributed by atoms with Crippen LogP contribution in [-0.2, 0) is 7.05 Å². The first-order chi connectivity index (χ1) is 4.66. The van der Waals surface area contributed by atoms with Crippen molar-refractivity contribution in [1.29, 1.82) is 0 Å². The van der Waals surface area contributed by atoms with Gasteiger partial charge in [0, 0.05) is 7.05 Å². The molecule has 0 spiro atoms. The maximum absolute atomic E-state index is 9.21. The van der Waals surface area contributed by atoms with Gasteiger partial charge in [-0.1, -0.05) is 0 Å². The van der Waals surface area contributed by atoms with Crippen molar-refractivity contribution in [1.82, 2.24) is 9.78 Å². The van der Waals surface area contributed by atoms with E-state index in [9.17, 15) is 5.11 Å². The van der Waals surface area contributed by atoms with E-state index in [0.29, 0.717) is 11.6 Å². The Labute approximate surface area is 59.0 Å². The molecule has 0 fully saturated rings. The maximum atomic E-state index is 9.21. The van der Waals surface area contributed by atoms with Crippen LogP contribution >= 0.6 is 0 Å². The van der Waals surface area contributed by atoms with E-state index < -0.39 is 0 Å². The highest BCUT2D eigenvalue weighted by molar-refractivity contribution is 5.36. The summed E-state index contributed by atoms with van der Waals surface area (Å²) in [5.41, 5.74) is 0.583. The topological polar surface area (TPSA) is 47.3 Å². The van der Waals surface area contributed by atoms with E-state index in [2.05, 4.69) is 5.10 Å². The highest BCUT2D eigenvalue weighted by atomic mass is 16.5. The van der Waals surface area contributed by atoms with E-state index in [1.807, 2.05) is 0 Å². The lowest BCUT2D eigenvalue weighted by molar-refractivity contribution is 0.345. The zero-order valence-corrected chi connectivity index (χ0v) is 6.25. The van der Waals surface area contributed by atoms with Crippen molar-refractivity contribution in [2.24, 2.45) is 7.05 Å². The van der Waals surface area contributed by atoms with Gasteiger partial charge in [0.05, 0.1) is 7.11 Å². The van der Waals surface area contributed by atoms with Crippen LogP contribution in [0.5, 0.6) is 11.6 Å². The second kappa shape index (κ2) is 2.21. The molecule has 1 rings (SSSR count). The fourth-order valence-electron chi connectivity index (χ4n) is 0.855. The Bertz CT molecular complexity index is 242. The van der Waals surface area contributed by atoms with Crippen molar-refractivity contribution in [3.8, 4) is 11.6 Å². The molecule has 0 atom stereocenters. The molecule has 0 amide bonds. The Morgan fingerprint density at radius 3 is 2.40 bits per heavy atom. The molecule has 1 aromatic rings. The first-order valence-electron chi connectivity index (χ1n) is 2.93. The highest BCUT2D eigenvalue weighted by Gasteiger charge is 2.10. The van der Waals surface area contributed by atoms with Gasteiger partial charge in [-0.2, -0.15) is 5.10 Å². The summed E-state index contributed by atoms with van der Waals surface area (Å²) < 4.78 is 6.34. The lowest BCUT2D eigenvalue weighted by Gasteiger charge is -1.97. The van der Waals surface area contributed by atoms with Crippen LogP contribution in [0, 0.1) is 6.92 Å². The minimum absolute atomic E-state index is 0.116. The van der Waals surface area contributed by atoms with Crippen LogP contribution in [0.3, 0.4) is 0 Å². The maximum Gasteiger partial charge on any atom is 0.255 e. The number of nitrogens with zero attached hydrogens (tertiary/aromatic N) is 2. The largest absolute Gasteiger partial charge is 0.502 e. The number of hydrogen-bond acceptors (Lipinski definition) is 3. The van der Waals surface area contributed by atoms with Crippen LogP contribution in [0.25, 0.3) is 0 Å². The van der Waals surface area contributed by atoms with E-state index >= 15 is 0 Å². The predicted molar refractivity (Wildman–Crippen MR) is 36.2 cm³/mol. The summed E-state index contributed by atoms with van der Waals surface area (Å²) >= 11 is 0. The molecular weight excluding hydrogens is 132 g/mol. The summed E-state index contributed by atoms with van der Waals surface area (Å²) in [4.78, 5) is 0. The number of aryl methyl sites for hydroxylation is 2. The highest BCUT2D eigenvalue weighted by Crippen LogP contribution is 2.27. The third-order valence-corrected chi connectivity index (χ3v) is 1.33. The van der Waals surface area contributed by atoms with Crippen LogP contribution in [0.2, 0.25) is 0 Å². The molecule has 4 heteroatoms. The fraction of sp³-hybridized carbons (Fsp3) is 0.500. The normalized spacial score (nSPS) is 9.90. The van der Waals surface area contributed by atoms with Crippen LogP contribution in [-0.4, -0.2) is 22.0 Å².